The van der Waals surface area contributed by atoms with E-state index in [1.165, 1.54) is 0 Å². The largest absolute Gasteiger partial charge is 0.478 e. The summed E-state index contributed by atoms with van der Waals surface area (Å²) in [6.07, 6.45) is 1.79. The Bertz CT molecular complexity index is 969. The van der Waals surface area contributed by atoms with E-state index in [2.05, 4.69) is 10.2 Å². The van der Waals surface area contributed by atoms with Crippen LogP contribution in [0.1, 0.15) is 38.5 Å². The molecule has 1 amide bonds. The van der Waals surface area contributed by atoms with Gasteiger partial charge in [0, 0.05) is 29.1 Å². The molecule has 0 saturated carbocycles. The first-order chi connectivity index (χ1) is 13.9. The molecule has 29 heavy (non-hydrogen) atoms. The van der Waals surface area contributed by atoms with Crippen LogP contribution in [0.5, 0.6) is 5.75 Å². The summed E-state index contributed by atoms with van der Waals surface area (Å²) in [6.45, 7) is 4.80. The van der Waals surface area contributed by atoms with E-state index >= 15 is 0 Å². The maximum absolute atomic E-state index is 13.2. The molecule has 8 heteroatoms. The van der Waals surface area contributed by atoms with Crippen molar-refractivity contribution >= 4 is 28.8 Å². The quantitative estimate of drug-likeness (QED) is 0.567. The van der Waals surface area contributed by atoms with Crippen molar-refractivity contribution < 1.29 is 13.9 Å². The molecule has 0 bridgehead atoms. The third-order valence-corrected chi connectivity index (χ3v) is 5.90. The zero-order chi connectivity index (χ0) is 20.4. The van der Waals surface area contributed by atoms with E-state index in [1.807, 2.05) is 21.7 Å². The van der Waals surface area contributed by atoms with E-state index in [-0.39, 0.29) is 11.8 Å². The lowest BCUT2D eigenvalue weighted by Crippen LogP contribution is -2.51. The number of carbonyl (C=O) groups excluding carboxylic acids is 1. The second kappa shape index (κ2) is 8.16. The summed E-state index contributed by atoms with van der Waals surface area (Å²) >= 11 is 7.51. The lowest BCUT2D eigenvalue weighted by Gasteiger charge is -2.36. The van der Waals surface area contributed by atoms with E-state index in [0.29, 0.717) is 35.6 Å². The average Bonchev–Trinajstić information content (AvgIpc) is 3.41. The fourth-order valence-corrected chi connectivity index (χ4v) is 4.24. The van der Waals surface area contributed by atoms with E-state index in [0.717, 1.165) is 18.4 Å². The second-order valence-corrected chi connectivity index (χ2v) is 8.83. The highest BCUT2D eigenvalue weighted by Gasteiger charge is 2.37. The predicted octanol–water partition coefficient (Wildman–Crippen LogP) is 5.02. The van der Waals surface area contributed by atoms with Gasteiger partial charge in [0.05, 0.1) is 5.92 Å². The number of halogens is 1. The number of thiophene rings is 1. The maximum Gasteiger partial charge on any atom is 0.266 e. The van der Waals surface area contributed by atoms with Crippen LogP contribution >= 0.6 is 22.9 Å². The Morgan fingerprint density at radius 2 is 2.07 bits per heavy atom. The normalized spacial score (nSPS) is 17.3. The molecular formula is C21H22ClN3O3S. The number of rotatable bonds is 5. The van der Waals surface area contributed by atoms with E-state index in [4.69, 9.17) is 20.8 Å². The third-order valence-electron chi connectivity index (χ3n) is 4.97. The third kappa shape index (κ3) is 4.46. The van der Waals surface area contributed by atoms with Gasteiger partial charge >= 0.3 is 0 Å². The molecule has 1 unspecified atom stereocenters. The van der Waals surface area contributed by atoms with Crippen molar-refractivity contribution in [3.05, 3.63) is 52.0 Å². The molecule has 0 spiro atoms. The molecule has 1 aliphatic heterocycles. The number of likely N-dealkylation sites (tertiary alicyclic amines) is 1. The van der Waals surface area contributed by atoms with Gasteiger partial charge in [0.1, 0.15) is 5.75 Å². The van der Waals surface area contributed by atoms with Gasteiger partial charge in [0.25, 0.3) is 5.91 Å². The molecule has 3 heterocycles. The summed E-state index contributed by atoms with van der Waals surface area (Å²) < 4.78 is 11.9. The summed E-state index contributed by atoms with van der Waals surface area (Å²) in [4.78, 5) is 15.0. The zero-order valence-electron chi connectivity index (χ0n) is 16.3. The van der Waals surface area contributed by atoms with Crippen LogP contribution in [-0.2, 0) is 4.79 Å². The molecule has 0 radical (unpaired) electrons. The monoisotopic (exact) mass is 431 g/mol. The van der Waals surface area contributed by atoms with Crippen molar-refractivity contribution in [1.82, 2.24) is 15.1 Å². The van der Waals surface area contributed by atoms with Crippen molar-refractivity contribution in [1.29, 1.82) is 0 Å². The van der Waals surface area contributed by atoms with Crippen LogP contribution in [0, 0.1) is 0 Å². The fourth-order valence-electron chi connectivity index (χ4n) is 3.49. The van der Waals surface area contributed by atoms with Gasteiger partial charge in [-0.3, -0.25) is 4.79 Å². The molecule has 0 aliphatic carbocycles. The summed E-state index contributed by atoms with van der Waals surface area (Å²) in [7, 11) is 0. The number of ether oxygens (including phenoxy) is 1. The molecule has 1 atom stereocenters. The summed E-state index contributed by atoms with van der Waals surface area (Å²) in [5, 5.41) is 13.0. The number of benzene rings is 1. The average molecular weight is 432 g/mol. The van der Waals surface area contributed by atoms with Gasteiger partial charge in [-0.1, -0.05) is 11.6 Å². The highest BCUT2D eigenvalue weighted by Crippen LogP contribution is 2.31. The molecule has 1 saturated heterocycles. The van der Waals surface area contributed by atoms with Crippen LogP contribution in [0.3, 0.4) is 0 Å². The second-order valence-electron chi connectivity index (χ2n) is 7.61. The SMILES string of the molecule is CC(C)(Oc1ccc(Cl)cc1)C(=O)N1CCCC(c2nnc(-c3ccsc3)o2)C1. The predicted molar refractivity (Wildman–Crippen MR) is 112 cm³/mol. The number of piperidine rings is 1. The maximum atomic E-state index is 13.2. The van der Waals surface area contributed by atoms with Gasteiger partial charge in [-0.2, -0.15) is 11.3 Å². The van der Waals surface area contributed by atoms with Crippen LogP contribution < -0.4 is 4.74 Å². The van der Waals surface area contributed by atoms with Gasteiger partial charge in [-0.25, -0.2) is 0 Å². The van der Waals surface area contributed by atoms with E-state index < -0.39 is 5.60 Å². The van der Waals surface area contributed by atoms with Crippen molar-refractivity contribution in [3.63, 3.8) is 0 Å². The highest BCUT2D eigenvalue weighted by molar-refractivity contribution is 7.08. The first-order valence-corrected chi connectivity index (χ1v) is 10.8. The van der Waals surface area contributed by atoms with Gasteiger partial charge in [-0.05, 0) is 62.4 Å². The molecular weight excluding hydrogens is 410 g/mol. The van der Waals surface area contributed by atoms with Crippen LogP contribution in [0.15, 0.2) is 45.5 Å². The molecule has 6 nitrogen and oxygen atoms in total. The van der Waals surface area contributed by atoms with Crippen molar-refractivity contribution in [2.45, 2.75) is 38.2 Å². The van der Waals surface area contributed by atoms with Crippen molar-refractivity contribution in [2.75, 3.05) is 13.1 Å². The first-order valence-electron chi connectivity index (χ1n) is 9.52. The lowest BCUT2D eigenvalue weighted by molar-refractivity contribution is -0.146. The Hall–Kier alpha value is -2.38. The molecule has 4 rings (SSSR count). The van der Waals surface area contributed by atoms with Gasteiger partial charge < -0.3 is 14.1 Å². The minimum absolute atomic E-state index is 0.0268. The molecule has 1 aromatic carbocycles. The van der Waals surface area contributed by atoms with Crippen LogP contribution in [0.4, 0.5) is 0 Å². The topological polar surface area (TPSA) is 68.5 Å². The Balaban J connectivity index is 1.44. The molecule has 2 aromatic heterocycles. The zero-order valence-corrected chi connectivity index (χ0v) is 17.9. The Kier molecular flexibility index (Phi) is 5.61. The number of aromatic nitrogens is 2. The number of nitrogens with zero attached hydrogens (tertiary/aromatic N) is 3. The van der Waals surface area contributed by atoms with E-state index in [1.54, 1.807) is 49.4 Å². The van der Waals surface area contributed by atoms with Gasteiger partial charge in [-0.15, -0.1) is 10.2 Å². The summed E-state index contributed by atoms with van der Waals surface area (Å²) in [5.74, 6) is 1.68. The minimum Gasteiger partial charge on any atom is -0.478 e. The number of carbonyl (C=O) groups is 1. The molecule has 1 aliphatic rings. The smallest absolute Gasteiger partial charge is 0.266 e. The minimum atomic E-state index is -0.994. The summed E-state index contributed by atoms with van der Waals surface area (Å²) in [6, 6.07) is 8.97. The van der Waals surface area contributed by atoms with Crippen LogP contribution in [0.2, 0.25) is 5.02 Å². The Morgan fingerprint density at radius 3 is 2.79 bits per heavy atom. The first kappa shape index (κ1) is 19.9. The molecule has 0 N–H and O–H groups in total. The standard InChI is InChI=1S/C21H22ClN3O3S/c1-21(2,28-17-7-5-16(22)6-8-17)20(26)25-10-3-4-14(12-25)18-23-24-19(27-18)15-9-11-29-13-15/h5-9,11,13-14H,3-4,10,12H2,1-2H3. The van der Waals surface area contributed by atoms with Crippen LogP contribution in [-0.4, -0.2) is 39.7 Å². The Morgan fingerprint density at radius 1 is 1.28 bits per heavy atom. The molecule has 3 aromatic rings. The van der Waals surface area contributed by atoms with Crippen molar-refractivity contribution in [3.8, 4) is 17.2 Å². The number of hydrogen-bond acceptors (Lipinski definition) is 6. The fraction of sp³-hybridized carbons (Fsp3) is 0.381. The van der Waals surface area contributed by atoms with Crippen molar-refractivity contribution in [2.24, 2.45) is 0 Å². The molecule has 152 valence electrons. The van der Waals surface area contributed by atoms with E-state index in [9.17, 15) is 4.79 Å². The number of hydrogen-bond donors (Lipinski definition) is 0. The summed E-state index contributed by atoms with van der Waals surface area (Å²) in [5.41, 5.74) is -0.0677. The number of amides is 1. The van der Waals surface area contributed by atoms with Gasteiger partial charge in [0.15, 0.2) is 5.60 Å². The van der Waals surface area contributed by atoms with Gasteiger partial charge in [0.2, 0.25) is 11.8 Å². The lowest BCUT2D eigenvalue weighted by atomic mass is 9.96. The molecule has 1 fully saturated rings. The highest BCUT2D eigenvalue weighted by atomic mass is 35.5. The Labute approximate surface area is 178 Å². The van der Waals surface area contributed by atoms with Crippen LogP contribution in [0.25, 0.3) is 11.5 Å².